The summed E-state index contributed by atoms with van der Waals surface area (Å²) in [4.78, 5) is 10.2. The van der Waals surface area contributed by atoms with E-state index in [9.17, 15) is 0 Å². The first-order valence-corrected chi connectivity index (χ1v) is 8.34. The summed E-state index contributed by atoms with van der Waals surface area (Å²) in [5.74, 6) is 3.99. The molecule has 1 N–H and O–H groups in total. The fourth-order valence-corrected chi connectivity index (χ4v) is 3.17. The number of hydrogen-bond acceptors (Lipinski definition) is 6. The lowest BCUT2D eigenvalue weighted by atomic mass is 10.2. The van der Waals surface area contributed by atoms with Gasteiger partial charge < -0.3 is 9.88 Å². The lowest BCUT2D eigenvalue weighted by Crippen LogP contribution is -2.10. The van der Waals surface area contributed by atoms with E-state index in [-0.39, 0.29) is 0 Å². The van der Waals surface area contributed by atoms with E-state index < -0.39 is 0 Å². The third kappa shape index (κ3) is 2.68. The van der Waals surface area contributed by atoms with Gasteiger partial charge in [0.2, 0.25) is 0 Å². The Hall–Kier alpha value is -2.02. The van der Waals surface area contributed by atoms with Crippen molar-refractivity contribution in [2.75, 3.05) is 5.32 Å². The van der Waals surface area contributed by atoms with Crippen molar-refractivity contribution < 1.29 is 0 Å². The fourth-order valence-electron chi connectivity index (χ4n) is 2.39. The van der Waals surface area contributed by atoms with Gasteiger partial charge in [-0.15, -0.1) is 21.5 Å². The maximum atomic E-state index is 4.61. The fraction of sp³-hybridized carbons (Fsp3) is 0.467. The summed E-state index contributed by atoms with van der Waals surface area (Å²) >= 11 is 1.64. The minimum atomic E-state index is 0.362. The highest BCUT2D eigenvalue weighted by Crippen LogP contribution is 2.25. The van der Waals surface area contributed by atoms with Crippen LogP contribution in [-0.4, -0.2) is 24.7 Å². The maximum absolute atomic E-state index is 4.61. The van der Waals surface area contributed by atoms with Gasteiger partial charge in [-0.05, 0) is 11.4 Å². The van der Waals surface area contributed by atoms with E-state index in [4.69, 9.17) is 0 Å². The van der Waals surface area contributed by atoms with Crippen LogP contribution in [0.2, 0.25) is 0 Å². The lowest BCUT2D eigenvalue weighted by Gasteiger charge is -2.09. The van der Waals surface area contributed by atoms with Crippen molar-refractivity contribution in [1.82, 2.24) is 24.7 Å². The van der Waals surface area contributed by atoms with E-state index in [1.807, 2.05) is 17.0 Å². The molecule has 0 saturated carbocycles. The zero-order valence-corrected chi connectivity index (χ0v) is 14.1. The lowest BCUT2D eigenvalue weighted by molar-refractivity contribution is 0.692. The zero-order chi connectivity index (χ0) is 15.7. The zero-order valence-electron chi connectivity index (χ0n) is 13.3. The van der Waals surface area contributed by atoms with Crippen LogP contribution in [0.15, 0.2) is 11.4 Å². The average Bonchev–Trinajstić information content (AvgIpc) is 3.11. The molecule has 3 heterocycles. The molecule has 3 rings (SSSR count). The number of thiophene rings is 1. The third-order valence-corrected chi connectivity index (χ3v) is 4.42. The summed E-state index contributed by atoms with van der Waals surface area (Å²) in [5.41, 5.74) is 0. The molecular formula is C15H20N6S. The van der Waals surface area contributed by atoms with Gasteiger partial charge in [-0.25, -0.2) is 9.97 Å². The molecule has 116 valence electrons. The van der Waals surface area contributed by atoms with Gasteiger partial charge in [0.05, 0.1) is 11.9 Å². The molecule has 6 nitrogen and oxygen atoms in total. The number of anilines is 1. The standard InChI is InChI=1S/C15H20N6S/c1-5-11-17-13(10-6-7-22-15(10)18-11)16-8-12-19-20-14(9(2)3)21(12)4/h6-7,9H,5,8H2,1-4H3,(H,16,17,18). The number of rotatable bonds is 5. The van der Waals surface area contributed by atoms with E-state index in [0.29, 0.717) is 12.5 Å². The summed E-state index contributed by atoms with van der Waals surface area (Å²) in [6.07, 6.45) is 0.823. The number of nitrogens with zero attached hydrogens (tertiary/aromatic N) is 5. The van der Waals surface area contributed by atoms with E-state index >= 15 is 0 Å². The highest BCUT2D eigenvalue weighted by molar-refractivity contribution is 7.16. The molecular weight excluding hydrogens is 296 g/mol. The summed E-state index contributed by atoms with van der Waals surface area (Å²) in [6, 6.07) is 2.05. The Morgan fingerprint density at radius 1 is 1.27 bits per heavy atom. The summed E-state index contributed by atoms with van der Waals surface area (Å²) in [6.45, 7) is 6.90. The molecule has 7 heteroatoms. The van der Waals surface area contributed by atoms with Gasteiger partial charge in [0.25, 0.3) is 0 Å². The minimum Gasteiger partial charge on any atom is -0.362 e. The molecule has 0 amide bonds. The number of fused-ring (bicyclic) bond motifs is 1. The maximum Gasteiger partial charge on any atom is 0.152 e. The van der Waals surface area contributed by atoms with E-state index in [1.165, 1.54) is 0 Å². The van der Waals surface area contributed by atoms with E-state index in [2.05, 4.69) is 52.3 Å². The van der Waals surface area contributed by atoms with Crippen LogP contribution in [-0.2, 0) is 20.0 Å². The molecule has 22 heavy (non-hydrogen) atoms. The normalized spacial score (nSPS) is 11.5. The van der Waals surface area contributed by atoms with Crippen LogP contribution in [0.4, 0.5) is 5.82 Å². The van der Waals surface area contributed by atoms with Crippen molar-refractivity contribution >= 4 is 27.4 Å². The van der Waals surface area contributed by atoms with Crippen LogP contribution < -0.4 is 5.32 Å². The second kappa shape index (κ2) is 6.00. The molecule has 0 atom stereocenters. The molecule has 0 aliphatic carbocycles. The molecule has 0 radical (unpaired) electrons. The molecule has 0 saturated heterocycles. The molecule has 0 bridgehead atoms. The van der Waals surface area contributed by atoms with Crippen LogP contribution in [0, 0.1) is 0 Å². The van der Waals surface area contributed by atoms with Crippen molar-refractivity contribution in [3.63, 3.8) is 0 Å². The van der Waals surface area contributed by atoms with Crippen molar-refractivity contribution in [2.24, 2.45) is 7.05 Å². The molecule has 0 aliphatic heterocycles. The molecule has 3 aromatic rings. The Balaban J connectivity index is 1.86. The van der Waals surface area contributed by atoms with Crippen LogP contribution in [0.3, 0.4) is 0 Å². The van der Waals surface area contributed by atoms with Crippen molar-refractivity contribution in [3.8, 4) is 0 Å². The second-order valence-electron chi connectivity index (χ2n) is 5.52. The topological polar surface area (TPSA) is 68.5 Å². The Labute approximate surface area is 133 Å². The van der Waals surface area contributed by atoms with Gasteiger partial charge in [-0.2, -0.15) is 0 Å². The number of nitrogens with one attached hydrogen (secondary N) is 1. The van der Waals surface area contributed by atoms with Gasteiger partial charge in [0.1, 0.15) is 22.3 Å². The predicted molar refractivity (Wildman–Crippen MR) is 89.2 cm³/mol. The third-order valence-electron chi connectivity index (χ3n) is 3.62. The Bertz CT molecular complexity index is 789. The Morgan fingerprint density at radius 3 is 2.77 bits per heavy atom. The van der Waals surface area contributed by atoms with Gasteiger partial charge in [0.15, 0.2) is 5.82 Å². The monoisotopic (exact) mass is 316 g/mol. The highest BCUT2D eigenvalue weighted by Gasteiger charge is 2.13. The van der Waals surface area contributed by atoms with Crippen LogP contribution in [0.5, 0.6) is 0 Å². The van der Waals surface area contributed by atoms with Crippen LogP contribution in [0.25, 0.3) is 10.2 Å². The van der Waals surface area contributed by atoms with Gasteiger partial charge in [-0.1, -0.05) is 20.8 Å². The smallest absolute Gasteiger partial charge is 0.152 e. The summed E-state index contributed by atoms with van der Waals surface area (Å²) in [5, 5.41) is 15.0. The quantitative estimate of drug-likeness (QED) is 0.783. The first kappa shape index (κ1) is 14.9. The SMILES string of the molecule is CCc1nc(NCc2nnc(C(C)C)n2C)c2ccsc2n1. The predicted octanol–water partition coefficient (Wildman–Crippen LogP) is 3.12. The highest BCUT2D eigenvalue weighted by atomic mass is 32.1. The summed E-state index contributed by atoms with van der Waals surface area (Å²) in [7, 11) is 2.00. The van der Waals surface area contributed by atoms with Gasteiger partial charge >= 0.3 is 0 Å². The number of hydrogen-bond donors (Lipinski definition) is 1. The molecule has 3 aromatic heterocycles. The molecule has 0 unspecified atom stereocenters. The first-order chi connectivity index (χ1) is 10.6. The first-order valence-electron chi connectivity index (χ1n) is 7.46. The molecule has 0 fully saturated rings. The van der Waals surface area contributed by atoms with Gasteiger partial charge in [0, 0.05) is 19.4 Å². The molecule has 0 spiro atoms. The van der Waals surface area contributed by atoms with Crippen molar-refractivity contribution in [2.45, 2.75) is 39.7 Å². The number of aryl methyl sites for hydroxylation is 1. The molecule has 0 aliphatic rings. The van der Waals surface area contributed by atoms with Crippen LogP contribution in [0.1, 0.15) is 44.2 Å². The Kier molecular flexibility index (Phi) is 4.06. The minimum absolute atomic E-state index is 0.362. The van der Waals surface area contributed by atoms with E-state index in [0.717, 1.165) is 39.9 Å². The van der Waals surface area contributed by atoms with E-state index in [1.54, 1.807) is 11.3 Å². The summed E-state index contributed by atoms with van der Waals surface area (Å²) < 4.78 is 2.05. The average molecular weight is 316 g/mol. The largest absolute Gasteiger partial charge is 0.362 e. The Morgan fingerprint density at radius 2 is 2.09 bits per heavy atom. The second-order valence-corrected chi connectivity index (χ2v) is 6.42. The van der Waals surface area contributed by atoms with Crippen LogP contribution >= 0.6 is 11.3 Å². The van der Waals surface area contributed by atoms with Gasteiger partial charge in [-0.3, -0.25) is 0 Å². The van der Waals surface area contributed by atoms with Crippen molar-refractivity contribution in [3.05, 3.63) is 28.9 Å². The number of aromatic nitrogens is 5. The molecule has 0 aromatic carbocycles. The van der Waals surface area contributed by atoms with Crippen molar-refractivity contribution in [1.29, 1.82) is 0 Å².